The van der Waals surface area contributed by atoms with E-state index in [1.165, 1.54) is 257 Å². The maximum absolute atomic E-state index is 13.1. The molecule has 9 heteroatoms. The zero-order valence-electron chi connectivity index (χ0n) is 62.0. The maximum Gasteiger partial charge on any atom is 0.472 e. The second-order valence-electron chi connectivity index (χ2n) is 28.1. The van der Waals surface area contributed by atoms with Gasteiger partial charge in [-0.2, -0.15) is 0 Å². The summed E-state index contributed by atoms with van der Waals surface area (Å²) in [7, 11) is 1.58. The second-order valence-corrected chi connectivity index (χ2v) is 29.5. The van der Waals surface area contributed by atoms with E-state index in [4.69, 9.17) is 9.05 Å². The molecule has 0 aromatic carbocycles. The molecule has 0 fully saturated rings. The van der Waals surface area contributed by atoms with Crippen LogP contribution in [0.5, 0.6) is 0 Å². The van der Waals surface area contributed by atoms with Crippen LogP contribution in [0.4, 0.5) is 0 Å². The Morgan fingerprint density at radius 3 is 0.946 bits per heavy atom. The molecule has 0 heterocycles. The molecule has 0 bridgehead atoms. The van der Waals surface area contributed by atoms with Gasteiger partial charge in [-0.25, -0.2) is 4.57 Å². The van der Waals surface area contributed by atoms with Gasteiger partial charge in [0, 0.05) is 6.42 Å². The quantitative estimate of drug-likeness (QED) is 0.0243. The maximum atomic E-state index is 13.1. The van der Waals surface area contributed by atoms with Gasteiger partial charge in [-0.15, -0.1) is 0 Å². The van der Waals surface area contributed by atoms with Crippen LogP contribution in [0.3, 0.4) is 0 Å². The van der Waals surface area contributed by atoms with Crippen molar-refractivity contribution < 1.29 is 32.9 Å². The van der Waals surface area contributed by atoms with Crippen molar-refractivity contribution in [2.24, 2.45) is 0 Å². The molecule has 0 radical (unpaired) electrons. The Labute approximate surface area is 578 Å². The number of hydrogen-bond acceptors (Lipinski definition) is 5. The van der Waals surface area contributed by atoms with Gasteiger partial charge >= 0.3 is 7.82 Å². The number of aliphatic hydroxyl groups is 1. The first-order chi connectivity index (χ1) is 45.5. The summed E-state index contributed by atoms with van der Waals surface area (Å²) in [6, 6.07) is -0.855. The molecule has 93 heavy (non-hydrogen) atoms. The third-order valence-corrected chi connectivity index (χ3v) is 18.7. The Balaban J connectivity index is 4.02. The second kappa shape index (κ2) is 73.4. The number of quaternary nitrogens is 1. The number of aliphatic hydroxyl groups excluding tert-OH is 1. The van der Waals surface area contributed by atoms with E-state index in [2.05, 4.69) is 116 Å². The molecule has 8 nitrogen and oxygen atoms in total. The lowest BCUT2D eigenvalue weighted by Crippen LogP contribution is -2.45. The van der Waals surface area contributed by atoms with E-state index >= 15 is 0 Å². The monoisotopic (exact) mass is 1320 g/mol. The minimum Gasteiger partial charge on any atom is -0.387 e. The SMILES string of the molecule is CC/C=C\C/C=C\C/C=C\C/C=C\C/C=C\C/C=C\C/C=C\C/C=C\CCCCCCCCCCCCCCCCC(=O)NC(COP(=O)(O)OCC[N+](C)(C)C)C(O)/C=C/CCCCCCCCCCCCCCCCCCCCCCCCCCCCCCCC. The van der Waals surface area contributed by atoms with Crippen molar-refractivity contribution in [3.8, 4) is 0 Å². The van der Waals surface area contributed by atoms with Crippen molar-refractivity contribution in [1.29, 1.82) is 0 Å². The van der Waals surface area contributed by atoms with Crippen molar-refractivity contribution in [3.63, 3.8) is 0 Å². The lowest BCUT2D eigenvalue weighted by molar-refractivity contribution is -0.870. The predicted molar refractivity (Wildman–Crippen MR) is 410 cm³/mol. The third kappa shape index (κ3) is 76.4. The van der Waals surface area contributed by atoms with E-state index in [0.717, 1.165) is 89.9 Å². The normalized spacial score (nSPS) is 14.1. The fourth-order valence-electron chi connectivity index (χ4n) is 11.7. The molecule has 3 unspecified atom stereocenters. The number of phosphoric ester groups is 1. The highest BCUT2D eigenvalue weighted by atomic mass is 31.2. The summed E-state index contributed by atoms with van der Waals surface area (Å²) in [6.45, 7) is 4.74. The fourth-order valence-corrected chi connectivity index (χ4v) is 12.4. The van der Waals surface area contributed by atoms with Gasteiger partial charge in [0.1, 0.15) is 13.2 Å². The standard InChI is InChI=1S/C84H153N2O6P/c1-6-8-10-12-14-16-18-20-22-24-26-28-30-32-34-36-38-40-41-42-43-44-45-46-48-50-52-54-56-58-60-62-64-66-68-70-72-74-76-78-84(88)85-82(81-92-93(89,90)91-80-79-86(3,4)5)83(87)77-75-73-71-69-67-65-63-61-59-57-55-53-51-49-47-39-37-35-33-31-29-27-25-23-21-19-17-15-13-11-9-7-2/h8,10,14,16,20,22,26,28,32,34,38,40,42-43,45-46,75,77,82-83,87H,6-7,9,11-13,15,17-19,21,23-25,27,29-31,33,35-37,39,41,44,47-74,76,78-81H2,1-5H3,(H-,85,88,89,90)/p+1/b10-8-,16-14-,22-20-,28-26-,34-32-,40-38-,43-42-,46-45-,77-75+. The fraction of sp³-hybridized carbons (Fsp3) is 0.774. The molecule has 0 aliphatic heterocycles. The van der Waals surface area contributed by atoms with Crippen molar-refractivity contribution in [2.75, 3.05) is 40.9 Å². The van der Waals surface area contributed by atoms with Gasteiger partial charge in [0.2, 0.25) is 5.91 Å². The number of amides is 1. The van der Waals surface area contributed by atoms with Gasteiger partial charge in [-0.05, 0) is 83.5 Å². The summed E-state index contributed by atoms with van der Waals surface area (Å²) in [5.74, 6) is -0.176. The Morgan fingerprint density at radius 1 is 0.376 bits per heavy atom. The van der Waals surface area contributed by atoms with Crippen molar-refractivity contribution in [3.05, 3.63) is 109 Å². The predicted octanol–water partition coefficient (Wildman–Crippen LogP) is 26.2. The van der Waals surface area contributed by atoms with Gasteiger partial charge in [-0.3, -0.25) is 13.8 Å². The molecule has 0 rings (SSSR count). The number of carbonyl (C=O) groups is 1. The molecule has 0 spiro atoms. The van der Waals surface area contributed by atoms with Crippen molar-refractivity contribution in [2.45, 2.75) is 379 Å². The zero-order chi connectivity index (χ0) is 67.6. The van der Waals surface area contributed by atoms with Crippen LogP contribution in [0.15, 0.2) is 109 Å². The summed E-state index contributed by atoms with van der Waals surface area (Å²) in [5, 5.41) is 14.1. The number of phosphoric acid groups is 1. The van der Waals surface area contributed by atoms with Gasteiger partial charge in [0.05, 0.1) is 39.9 Å². The van der Waals surface area contributed by atoms with Crippen LogP contribution in [0.25, 0.3) is 0 Å². The molecule has 0 aromatic heterocycles. The van der Waals surface area contributed by atoms with Gasteiger partial charge < -0.3 is 19.8 Å². The van der Waals surface area contributed by atoms with Crippen LogP contribution in [-0.4, -0.2) is 73.4 Å². The minimum absolute atomic E-state index is 0.0588. The molecule has 0 aromatic rings. The Morgan fingerprint density at radius 2 is 0.645 bits per heavy atom. The summed E-state index contributed by atoms with van der Waals surface area (Å²) < 4.78 is 23.9. The van der Waals surface area contributed by atoms with Crippen LogP contribution < -0.4 is 5.32 Å². The number of unbranched alkanes of at least 4 members (excludes halogenated alkanes) is 44. The van der Waals surface area contributed by atoms with E-state index in [1.54, 1.807) is 6.08 Å². The molecule has 540 valence electrons. The van der Waals surface area contributed by atoms with E-state index in [0.29, 0.717) is 17.4 Å². The molecule has 0 aliphatic carbocycles. The number of carbonyl (C=O) groups excluding carboxylic acids is 1. The number of nitrogens with zero attached hydrogens (tertiary/aromatic N) is 1. The average molecular weight is 1320 g/mol. The van der Waals surface area contributed by atoms with Crippen LogP contribution in [-0.2, 0) is 18.4 Å². The molecule has 0 saturated carbocycles. The molecule has 1 amide bonds. The lowest BCUT2D eigenvalue weighted by Gasteiger charge is -2.25. The molecule has 0 saturated heterocycles. The topological polar surface area (TPSA) is 105 Å². The first kappa shape index (κ1) is 90.2. The van der Waals surface area contributed by atoms with Crippen LogP contribution >= 0.6 is 7.82 Å². The smallest absolute Gasteiger partial charge is 0.387 e. The van der Waals surface area contributed by atoms with Crippen molar-refractivity contribution in [1.82, 2.24) is 5.32 Å². The molecule has 3 atom stereocenters. The Kier molecular flexibility index (Phi) is 71.2. The Hall–Kier alpha value is -2.84. The number of hydrogen-bond donors (Lipinski definition) is 3. The summed E-state index contributed by atoms with van der Waals surface area (Å²) in [4.78, 5) is 23.5. The number of nitrogens with one attached hydrogen (secondary N) is 1. The highest BCUT2D eigenvalue weighted by Gasteiger charge is 2.28. The van der Waals surface area contributed by atoms with Gasteiger partial charge in [-0.1, -0.05) is 386 Å². The summed E-state index contributed by atoms with van der Waals surface area (Å²) >= 11 is 0. The van der Waals surface area contributed by atoms with Crippen LogP contribution in [0, 0.1) is 0 Å². The van der Waals surface area contributed by atoms with Crippen molar-refractivity contribution >= 4 is 13.7 Å². The summed E-state index contributed by atoms with van der Waals surface area (Å²) in [6.07, 6.45) is 108. The average Bonchev–Trinajstić information content (AvgIpc) is 1.94. The molecular weight excluding hydrogens is 1160 g/mol. The third-order valence-electron chi connectivity index (χ3n) is 17.7. The van der Waals surface area contributed by atoms with E-state index in [-0.39, 0.29) is 19.1 Å². The number of allylic oxidation sites excluding steroid dienone is 17. The minimum atomic E-state index is -4.36. The van der Waals surface area contributed by atoms with Crippen LogP contribution in [0.2, 0.25) is 0 Å². The summed E-state index contributed by atoms with van der Waals surface area (Å²) in [5.41, 5.74) is 0. The number of likely N-dealkylation sites (N-methyl/N-ethyl adjacent to an activating group) is 1. The van der Waals surface area contributed by atoms with E-state index in [9.17, 15) is 19.4 Å². The first-order valence-electron chi connectivity index (χ1n) is 39.8. The van der Waals surface area contributed by atoms with Gasteiger partial charge in [0.25, 0.3) is 0 Å². The van der Waals surface area contributed by atoms with E-state index < -0.39 is 20.0 Å². The Bertz CT molecular complexity index is 1890. The highest BCUT2D eigenvalue weighted by molar-refractivity contribution is 7.47. The highest BCUT2D eigenvalue weighted by Crippen LogP contribution is 2.43. The molecule has 0 aliphatic rings. The number of rotatable bonds is 73. The first-order valence-corrected chi connectivity index (χ1v) is 41.3. The molecule has 3 N–H and O–H groups in total. The van der Waals surface area contributed by atoms with E-state index in [1.807, 2.05) is 27.2 Å². The lowest BCUT2D eigenvalue weighted by atomic mass is 10.0. The largest absolute Gasteiger partial charge is 0.472 e. The zero-order valence-corrected chi connectivity index (χ0v) is 62.9. The van der Waals surface area contributed by atoms with Crippen LogP contribution in [0.1, 0.15) is 367 Å². The molecular formula is C84H154N2O6P+. The van der Waals surface area contributed by atoms with Gasteiger partial charge in [0.15, 0.2) is 0 Å².